The smallest absolute Gasteiger partial charge is 0.245 e. The number of hydrogen-bond donors (Lipinski definition) is 37. The van der Waals surface area contributed by atoms with Crippen LogP contribution in [0.2, 0.25) is 0 Å². The fourth-order valence-corrected chi connectivity index (χ4v) is 21.8. The summed E-state index contributed by atoms with van der Waals surface area (Å²) in [7, 11) is 4.77. The molecule has 5 rings (SSSR count). The van der Waals surface area contributed by atoms with Crippen LogP contribution in [0.25, 0.3) is 0 Å². The van der Waals surface area contributed by atoms with E-state index >= 15 is 62.3 Å². The van der Waals surface area contributed by atoms with Crippen LogP contribution in [0.15, 0.2) is 30.3 Å². The maximum absolute atomic E-state index is 15.8. The quantitative estimate of drug-likeness (QED) is 0.0138. The van der Waals surface area contributed by atoms with E-state index in [9.17, 15) is 29.1 Å². The molecule has 19 atom stereocenters. The Morgan fingerprint density at radius 3 is 0.864 bits per heavy atom. The molecule has 4 aliphatic heterocycles. The molecule has 0 radical (unpaired) electrons. The minimum atomic E-state index is -1.95. The van der Waals surface area contributed by atoms with Gasteiger partial charge in [0.25, 0.3) is 0 Å². The van der Waals surface area contributed by atoms with E-state index in [-0.39, 0.29) is 136 Å². The van der Waals surface area contributed by atoms with Crippen molar-refractivity contribution in [3.63, 3.8) is 0 Å². The molecule has 820 valence electrons. The third-order valence-corrected chi connectivity index (χ3v) is 30.2. The van der Waals surface area contributed by atoms with Crippen molar-refractivity contribution in [2.24, 2.45) is 52.2 Å². The minimum Gasteiger partial charge on any atom is -0.391 e. The molecule has 18 amide bonds. The van der Waals surface area contributed by atoms with Gasteiger partial charge in [0.05, 0.1) is 12.6 Å². The van der Waals surface area contributed by atoms with Crippen LogP contribution in [0.3, 0.4) is 0 Å². The zero-order chi connectivity index (χ0) is 109. The van der Waals surface area contributed by atoms with Crippen LogP contribution in [0, 0.1) is 50.2 Å². The summed E-state index contributed by atoms with van der Waals surface area (Å²) in [5.74, 6) is -27.5. The van der Waals surface area contributed by atoms with Crippen LogP contribution < -0.4 is 162 Å². The van der Waals surface area contributed by atoms with Crippen LogP contribution in [0.5, 0.6) is 0 Å². The topological polar surface area (TPSA) is 915 Å². The molecule has 4 fully saturated rings. The molecule has 4 aliphatic rings. The summed E-state index contributed by atoms with van der Waals surface area (Å²) in [5, 5.41) is 122. The molecule has 4 saturated heterocycles. The van der Waals surface area contributed by atoms with Gasteiger partial charge in [-0.15, -0.1) is 0 Å². The summed E-state index contributed by atoms with van der Waals surface area (Å²) in [5.41, 5.74) is 34.3. The van der Waals surface area contributed by atoms with Crippen molar-refractivity contribution in [2.45, 2.75) is 254 Å². The SMILES string of the molecule is CC[C@H](C)[C@@H]1NC(=O)[C@@H]2CSSC[C@H](NC(=O)[C@H](CCCNC(=N)N)NC(=O)[C@@H]3CSSC[C@H](NC1=O)C(=O)N[C@@H]([C@@H](C)O)C(=O)N[C@@H](CCCNC(=N)N)C(=O)NCC(=O)N[C@@H](Cc1ccccc1)C(=O)N3)C(=O)N[C@@H](CC(C)C)C(=O)N[C@H]1CSSC[C@H](NC(=O)[C@H](C(C)C)NC(=O)[C@H](CCCNC(=N)N)NC(=O)[C@H](CCCNC(=N)N)NC(=O)[C@H](CCCNC(=N)N)NC1=O)C(=O)N[C@@H](CCCNC(=N)N)C(=O)N2. The van der Waals surface area contributed by atoms with Gasteiger partial charge in [-0.2, -0.15) is 0 Å². The van der Waals surface area contributed by atoms with E-state index in [1.807, 2.05) is 0 Å². The van der Waals surface area contributed by atoms with Crippen molar-refractivity contribution >= 4 is 207 Å². The Labute approximate surface area is 875 Å². The molecule has 147 heavy (non-hydrogen) atoms. The van der Waals surface area contributed by atoms with Gasteiger partial charge >= 0.3 is 0 Å². The number of fused-ring (bicyclic) bond motifs is 15. The fourth-order valence-electron chi connectivity index (χ4n) is 14.8. The first-order valence-corrected chi connectivity index (χ1v) is 55.5. The first-order valence-electron chi connectivity index (χ1n) is 48.0. The van der Waals surface area contributed by atoms with Crippen molar-refractivity contribution in [3.05, 3.63) is 35.9 Å². The number of amides is 18. The highest BCUT2D eigenvalue weighted by Gasteiger charge is 2.43. The number of nitrogens with one attached hydrogen (secondary N) is 30. The number of carbonyl (C=O) groups is 18. The van der Waals surface area contributed by atoms with E-state index in [1.165, 1.54) is 0 Å². The Kier molecular flexibility index (Phi) is 55.9. The van der Waals surface area contributed by atoms with Crippen molar-refractivity contribution in [2.75, 3.05) is 80.3 Å². The van der Waals surface area contributed by atoms with Crippen LogP contribution in [0.1, 0.15) is 144 Å². The molecule has 4 heterocycles. The number of carbonyl (C=O) groups excluding carboxylic acids is 18. The Morgan fingerprint density at radius 1 is 0.313 bits per heavy atom. The fraction of sp³-hybridized carbons (Fsp3) is 0.651. The van der Waals surface area contributed by atoms with Gasteiger partial charge in [-0.05, 0) is 114 Å². The number of guanidine groups is 6. The second-order valence-corrected chi connectivity index (χ2v) is 43.5. The first kappa shape index (κ1) is 125. The average molecular weight is 2180 g/mol. The molecule has 0 unspecified atom stereocenters. The lowest BCUT2D eigenvalue weighted by Gasteiger charge is -2.31. The Morgan fingerprint density at radius 2 is 0.558 bits per heavy atom. The molecule has 6 bridgehead atoms. The molecule has 1 aromatic rings. The highest BCUT2D eigenvalue weighted by molar-refractivity contribution is 8.77. The zero-order valence-electron chi connectivity index (χ0n) is 83.0. The standard InChI is InChI=1S/C86H146N36O19S6/c1-8-43(6)62-79(140)119-59-40-147-143-36-55(117-71(132)53(33-45-18-10-9-11-19-45)106-60(124)34-105-64(125)46(20-12-26-99-81(87)88)112-80(141)63(44(7)123)122-77(59)138)73(134)110-49(23-15-29-102-84(93)94)67(128)114-56-37-144-146-39-58(76(137)121-62)115-68(129)50(24-16-30-103-85(95)96)111-74(135)57-38-145-142-35-54(116-70(131)52(32-41(2)3)113-75(56)136)72(133)109-48(22-14-28-101-83(91)92)66(127)107-47(21-13-27-100-82(89)90)65(126)108-51(25-17-31-104-86(97)98)69(130)120-61(42(4)5)78(139)118-57/h9-11,18-19,41-44,46-59,61-63,123H,8,12-17,20-40H2,1-7H3,(H,105,125)(H,106,124)(H,107,127)(H,108,126)(H,109,133)(H,110,134)(H,111,135)(H,112,141)(H,113,136)(H,114,128)(H,115,129)(H,116,131)(H,117,132)(H,118,139)(H,119,140)(H,120,130)(H,121,137)(H,122,138)(H4,87,88,99)(H4,89,90,100)(H4,91,92,101)(H4,93,94,102)(H4,95,96,103)(H4,97,98,104)/t43-,44+,46-,47-,48-,49-,50-,51-,52-,53-,54-,55-,56-,57-,58-,59-,61-,62-,63-/m0/s1. The predicted molar refractivity (Wildman–Crippen MR) is 561 cm³/mol. The molecule has 0 spiro atoms. The molecular formula is C86H146N36O19S6. The Hall–Kier alpha value is -12.6. The van der Waals surface area contributed by atoms with Crippen LogP contribution in [-0.4, -0.2) is 336 Å². The molecular weight excluding hydrogens is 2030 g/mol. The second kappa shape index (κ2) is 65.9. The van der Waals surface area contributed by atoms with Crippen LogP contribution >= 0.6 is 64.8 Å². The number of aliphatic hydroxyl groups is 1. The van der Waals surface area contributed by atoms with Crippen LogP contribution in [0.4, 0.5) is 0 Å². The van der Waals surface area contributed by atoms with Gasteiger partial charge in [-0.1, -0.05) is 143 Å². The van der Waals surface area contributed by atoms with E-state index in [1.54, 1.807) is 71.9 Å². The van der Waals surface area contributed by atoms with Crippen LogP contribution in [-0.2, 0) is 92.7 Å². The van der Waals surface area contributed by atoms with E-state index in [0.29, 0.717) is 5.56 Å². The number of aliphatic hydroxyl groups excluding tert-OH is 1. The largest absolute Gasteiger partial charge is 0.391 e. The van der Waals surface area contributed by atoms with Gasteiger partial charge in [0.2, 0.25) is 106 Å². The maximum Gasteiger partial charge on any atom is 0.245 e. The van der Waals surface area contributed by atoms with E-state index in [2.05, 4.69) is 128 Å². The summed E-state index contributed by atoms with van der Waals surface area (Å²) in [4.78, 5) is 275. The Bertz CT molecular complexity index is 4720. The molecule has 0 aromatic heterocycles. The first-order chi connectivity index (χ1) is 69.6. The lowest BCUT2D eigenvalue weighted by molar-refractivity contribution is -0.137. The van der Waals surface area contributed by atoms with E-state index in [0.717, 1.165) is 71.7 Å². The summed E-state index contributed by atoms with van der Waals surface area (Å²) >= 11 is 0. The highest BCUT2D eigenvalue weighted by Crippen LogP contribution is 2.29. The zero-order valence-corrected chi connectivity index (χ0v) is 87.9. The highest BCUT2D eigenvalue weighted by atomic mass is 33.1. The van der Waals surface area contributed by atoms with Gasteiger partial charge in [0.15, 0.2) is 35.8 Å². The van der Waals surface area contributed by atoms with Gasteiger partial charge in [0, 0.05) is 80.2 Å². The summed E-state index contributed by atoms with van der Waals surface area (Å²) in [6, 6.07) is -20.9. The van der Waals surface area contributed by atoms with E-state index < -0.39 is 310 Å². The summed E-state index contributed by atoms with van der Waals surface area (Å²) in [6.07, 6.45) is -4.07. The number of rotatable bonds is 32. The molecule has 0 aliphatic carbocycles. The van der Waals surface area contributed by atoms with Crippen molar-refractivity contribution in [1.82, 2.24) is 128 Å². The molecule has 0 saturated carbocycles. The Balaban J connectivity index is 1.89. The van der Waals surface area contributed by atoms with Gasteiger partial charge in [-0.3, -0.25) is 119 Å². The number of hydrogen-bond acceptors (Lipinski definition) is 31. The number of nitrogens with two attached hydrogens (primary N) is 6. The average Bonchev–Trinajstić information content (AvgIpc) is 0.842. The molecule has 1 aromatic carbocycles. The van der Waals surface area contributed by atoms with Crippen molar-refractivity contribution < 1.29 is 91.4 Å². The maximum atomic E-state index is 15.8. The third-order valence-electron chi connectivity index (χ3n) is 23.0. The van der Waals surface area contributed by atoms with Gasteiger partial charge in [-0.25, -0.2) is 0 Å². The molecule has 55 nitrogen and oxygen atoms in total. The summed E-state index contributed by atoms with van der Waals surface area (Å²) < 4.78 is 0. The minimum absolute atomic E-state index is 0.0114. The molecule has 43 N–H and O–H groups in total. The number of benzene rings is 1. The second-order valence-electron chi connectivity index (χ2n) is 35.9. The lowest BCUT2D eigenvalue weighted by atomic mass is 9.97. The third kappa shape index (κ3) is 47.0. The van der Waals surface area contributed by atoms with Gasteiger partial charge < -0.3 is 167 Å². The summed E-state index contributed by atoms with van der Waals surface area (Å²) in [6.45, 7) is 9.50. The van der Waals surface area contributed by atoms with Crippen molar-refractivity contribution in [1.29, 1.82) is 32.5 Å². The van der Waals surface area contributed by atoms with Gasteiger partial charge in [0.1, 0.15) is 103 Å². The predicted octanol–water partition coefficient (Wildman–Crippen LogP) is -9.51. The normalized spacial score (nSPS) is 25.8. The van der Waals surface area contributed by atoms with E-state index in [4.69, 9.17) is 66.9 Å². The molecule has 61 heteroatoms. The monoisotopic (exact) mass is 2180 g/mol. The van der Waals surface area contributed by atoms with Crippen molar-refractivity contribution in [3.8, 4) is 0 Å². The lowest BCUT2D eigenvalue weighted by Crippen LogP contribution is -2.63.